The summed E-state index contributed by atoms with van der Waals surface area (Å²) in [5.74, 6) is -0.804. The predicted octanol–water partition coefficient (Wildman–Crippen LogP) is 1.34. The van der Waals surface area contributed by atoms with Crippen LogP contribution in [0.15, 0.2) is 35.3 Å². The number of esters is 1. The largest absolute Gasteiger partial charge is 0.462 e. The van der Waals surface area contributed by atoms with Crippen LogP contribution in [0.2, 0.25) is 5.02 Å². The van der Waals surface area contributed by atoms with Crippen LogP contribution in [0.4, 0.5) is 5.95 Å². The van der Waals surface area contributed by atoms with Gasteiger partial charge in [-0.3, -0.25) is 19.1 Å². The van der Waals surface area contributed by atoms with Crippen molar-refractivity contribution in [1.29, 1.82) is 0 Å². The number of imidazole rings is 1. The predicted molar refractivity (Wildman–Crippen MR) is 142 cm³/mol. The number of ether oxygens (including phenoxy) is 2. The first-order chi connectivity index (χ1) is 18.7. The van der Waals surface area contributed by atoms with Crippen molar-refractivity contribution in [2.24, 2.45) is 0 Å². The van der Waals surface area contributed by atoms with Crippen molar-refractivity contribution in [3.63, 3.8) is 0 Å². The molecule has 1 aliphatic rings. The van der Waals surface area contributed by atoms with Crippen molar-refractivity contribution < 1.29 is 38.1 Å². The molecule has 2 unspecified atom stereocenters. The molecule has 3 aromatic rings. The van der Waals surface area contributed by atoms with Crippen LogP contribution in [-0.2, 0) is 23.4 Å². The van der Waals surface area contributed by atoms with Crippen LogP contribution in [0.1, 0.15) is 39.6 Å². The summed E-state index contributed by atoms with van der Waals surface area (Å²) < 4.78 is 37.1. The van der Waals surface area contributed by atoms with E-state index in [4.69, 9.17) is 35.9 Å². The van der Waals surface area contributed by atoms with Gasteiger partial charge in [0.2, 0.25) is 5.95 Å². The molecule has 1 aliphatic heterocycles. The summed E-state index contributed by atoms with van der Waals surface area (Å²) in [6.45, 7) is 5.48. The zero-order valence-corrected chi connectivity index (χ0v) is 23.6. The summed E-state index contributed by atoms with van der Waals surface area (Å²) in [7, 11) is -4.32. The van der Waals surface area contributed by atoms with Crippen molar-refractivity contribution in [3.05, 3.63) is 51.7 Å². The highest BCUT2D eigenvalue weighted by molar-refractivity contribution is 7.52. The number of carbonyl (C=O) groups excluding carboxylic acids is 1. The molecule has 40 heavy (non-hydrogen) atoms. The number of H-pyrrole nitrogens is 1. The van der Waals surface area contributed by atoms with Gasteiger partial charge in [0, 0.05) is 5.02 Å². The first-order valence-corrected chi connectivity index (χ1v) is 14.1. The number of hydrogen-bond acceptors (Lipinski definition) is 12. The van der Waals surface area contributed by atoms with Crippen molar-refractivity contribution in [2.75, 3.05) is 12.3 Å². The van der Waals surface area contributed by atoms with E-state index in [1.54, 1.807) is 13.8 Å². The van der Waals surface area contributed by atoms with Crippen molar-refractivity contribution >= 4 is 36.8 Å². The van der Waals surface area contributed by atoms with Gasteiger partial charge in [0.25, 0.3) is 5.56 Å². The van der Waals surface area contributed by atoms with Crippen LogP contribution >= 0.6 is 19.3 Å². The topological polar surface area (TPSA) is 213 Å². The molecule has 0 bridgehead atoms. The SMILES string of the molecule is CC(C)OC(=O)[C@H](C)NP(=O)(OC[C@H]1O[C@@H](c2ncc3c(=O)[nH]c(N)nn23)[C@](C)(O)C1O)Oc1ccc(Cl)cc1. The number of benzene rings is 1. The van der Waals surface area contributed by atoms with Gasteiger partial charge in [0.05, 0.1) is 18.9 Å². The lowest BCUT2D eigenvalue weighted by Crippen LogP contribution is -2.44. The van der Waals surface area contributed by atoms with E-state index in [9.17, 15) is 24.4 Å². The van der Waals surface area contributed by atoms with E-state index < -0.39 is 61.9 Å². The quantitative estimate of drug-likeness (QED) is 0.164. The Hall–Kier alpha value is -3.04. The van der Waals surface area contributed by atoms with Crippen molar-refractivity contribution in [1.82, 2.24) is 24.7 Å². The Kier molecular flexibility index (Phi) is 8.57. The van der Waals surface area contributed by atoms with E-state index in [1.165, 1.54) is 44.3 Å². The van der Waals surface area contributed by atoms with Crippen LogP contribution in [0.5, 0.6) is 5.75 Å². The molecule has 15 nitrogen and oxygen atoms in total. The molecule has 0 spiro atoms. The maximum absolute atomic E-state index is 13.8. The number of aliphatic hydroxyl groups excluding tert-OH is 1. The van der Waals surface area contributed by atoms with Gasteiger partial charge in [-0.15, -0.1) is 5.10 Å². The lowest BCUT2D eigenvalue weighted by Gasteiger charge is -2.26. The molecular weight excluding hydrogens is 571 g/mol. The number of aromatic nitrogens is 4. The van der Waals surface area contributed by atoms with Crippen LogP contribution in [0.25, 0.3) is 5.52 Å². The normalized spacial score (nSPS) is 25.1. The van der Waals surface area contributed by atoms with Gasteiger partial charge in [0.1, 0.15) is 35.7 Å². The first-order valence-electron chi connectivity index (χ1n) is 12.2. The Morgan fingerprint density at radius 3 is 2.67 bits per heavy atom. The van der Waals surface area contributed by atoms with E-state index in [2.05, 4.69) is 20.2 Å². The van der Waals surface area contributed by atoms with Gasteiger partial charge in [-0.2, -0.15) is 5.09 Å². The molecule has 6 N–H and O–H groups in total. The number of aromatic amines is 1. The van der Waals surface area contributed by atoms with Gasteiger partial charge in [0.15, 0.2) is 11.3 Å². The number of carbonyl (C=O) groups is 1. The number of nitrogen functional groups attached to an aromatic ring is 1. The summed E-state index contributed by atoms with van der Waals surface area (Å²) in [5.41, 5.74) is 3.16. The molecule has 0 radical (unpaired) electrons. The Morgan fingerprint density at radius 1 is 1.35 bits per heavy atom. The summed E-state index contributed by atoms with van der Waals surface area (Å²) in [4.78, 5) is 31.0. The molecule has 0 amide bonds. The van der Waals surface area contributed by atoms with Crippen molar-refractivity contribution in [2.45, 2.75) is 63.8 Å². The lowest BCUT2D eigenvalue weighted by atomic mass is 9.92. The minimum absolute atomic E-state index is 0.0110. The number of anilines is 1. The second kappa shape index (κ2) is 11.4. The molecule has 2 aromatic heterocycles. The molecule has 1 fully saturated rings. The highest BCUT2D eigenvalue weighted by Crippen LogP contribution is 2.47. The molecule has 218 valence electrons. The second-order valence-corrected chi connectivity index (χ2v) is 11.8. The van der Waals surface area contributed by atoms with E-state index in [-0.39, 0.29) is 23.0 Å². The average Bonchev–Trinajstić information content (AvgIpc) is 3.37. The Labute approximate surface area is 233 Å². The van der Waals surface area contributed by atoms with E-state index in [1.807, 2.05) is 0 Å². The number of aliphatic hydroxyl groups is 2. The molecule has 4 rings (SSSR count). The van der Waals surface area contributed by atoms with Crippen molar-refractivity contribution in [3.8, 4) is 5.75 Å². The summed E-state index contributed by atoms with van der Waals surface area (Å²) in [5, 5.41) is 29.0. The number of rotatable bonds is 10. The van der Waals surface area contributed by atoms with E-state index in [0.717, 1.165) is 4.52 Å². The van der Waals surface area contributed by atoms with E-state index >= 15 is 0 Å². The van der Waals surface area contributed by atoms with Gasteiger partial charge in [-0.1, -0.05) is 11.6 Å². The minimum atomic E-state index is -4.32. The first kappa shape index (κ1) is 29.9. The number of halogens is 1. The zero-order chi connectivity index (χ0) is 29.4. The third kappa shape index (κ3) is 6.31. The zero-order valence-electron chi connectivity index (χ0n) is 22.0. The molecule has 3 heterocycles. The Morgan fingerprint density at radius 2 is 2.02 bits per heavy atom. The smallest absolute Gasteiger partial charge is 0.459 e. The minimum Gasteiger partial charge on any atom is -0.462 e. The van der Waals surface area contributed by atoms with Gasteiger partial charge in [-0.05, 0) is 52.0 Å². The van der Waals surface area contributed by atoms with Gasteiger partial charge in [-0.25, -0.2) is 14.1 Å². The van der Waals surface area contributed by atoms with E-state index in [0.29, 0.717) is 5.02 Å². The second-order valence-electron chi connectivity index (χ2n) is 9.65. The number of nitrogens with one attached hydrogen (secondary N) is 2. The monoisotopic (exact) mass is 600 g/mol. The molecule has 1 saturated heterocycles. The average molecular weight is 601 g/mol. The lowest BCUT2D eigenvalue weighted by molar-refractivity contribution is -0.149. The summed E-state index contributed by atoms with van der Waals surface area (Å²) in [6.07, 6.45) is -3.33. The molecule has 17 heteroatoms. The van der Waals surface area contributed by atoms with Gasteiger partial charge >= 0.3 is 13.7 Å². The fourth-order valence-electron chi connectivity index (χ4n) is 4.00. The fourth-order valence-corrected chi connectivity index (χ4v) is 5.63. The van der Waals surface area contributed by atoms with Gasteiger partial charge < -0.3 is 29.9 Å². The van der Waals surface area contributed by atoms with Crippen LogP contribution in [0.3, 0.4) is 0 Å². The fraction of sp³-hybridized carbons (Fsp3) is 0.478. The number of hydrogen-bond donors (Lipinski definition) is 5. The summed E-state index contributed by atoms with van der Waals surface area (Å²) >= 11 is 5.92. The Balaban J connectivity index is 1.56. The standard InChI is InChI=1S/C23H30ClN6O9P/c1-11(2)37-21(33)12(3)29-40(35,39-14-7-5-13(24)6-8-14)36-10-16-17(31)23(4,34)18(38-16)19-26-9-15-20(32)27-22(25)28-30(15)19/h5-9,11-12,16-18,31,34H,10H2,1-4H3,(H,29,35)(H3,25,27,28,32)/t12-,16+,17?,18-,23+,40?/m0/s1. The van der Waals surface area contributed by atoms with Crippen LogP contribution < -0.4 is 20.9 Å². The van der Waals surface area contributed by atoms with Crippen LogP contribution in [-0.4, -0.2) is 72.3 Å². The molecular formula is C23H30ClN6O9P. The third-order valence-corrected chi connectivity index (χ3v) is 7.87. The third-order valence-electron chi connectivity index (χ3n) is 5.98. The Bertz CT molecular complexity index is 1480. The molecule has 1 aromatic carbocycles. The summed E-state index contributed by atoms with van der Waals surface area (Å²) in [6, 6.07) is 4.79. The number of nitrogens with two attached hydrogens (primary N) is 1. The highest BCUT2D eigenvalue weighted by Gasteiger charge is 2.55. The number of fused-ring (bicyclic) bond motifs is 1. The molecule has 6 atom stereocenters. The van der Waals surface area contributed by atoms with Crippen LogP contribution in [0, 0.1) is 0 Å². The maximum Gasteiger partial charge on any atom is 0.459 e. The molecule has 0 saturated carbocycles. The highest BCUT2D eigenvalue weighted by atomic mass is 35.5. The maximum atomic E-state index is 13.8. The molecule has 0 aliphatic carbocycles. The number of nitrogens with zero attached hydrogens (tertiary/aromatic N) is 3.